The van der Waals surface area contributed by atoms with Gasteiger partial charge in [-0.15, -0.1) is 0 Å². The Labute approximate surface area is 139 Å². The molecule has 1 heterocycles. The van der Waals surface area contributed by atoms with Crippen molar-refractivity contribution < 1.29 is 25.2 Å². The van der Waals surface area contributed by atoms with Crippen LogP contribution >= 0.6 is 0 Å². The van der Waals surface area contributed by atoms with E-state index in [9.17, 15) is 9.90 Å². The van der Waals surface area contributed by atoms with Gasteiger partial charge >= 0.3 is 1.43 Å². The maximum Gasteiger partial charge on any atom is 1.00 e. The highest BCUT2D eigenvalue weighted by Gasteiger charge is 2.14. The lowest BCUT2D eigenvalue weighted by Crippen LogP contribution is -2.01. The molecule has 0 saturated heterocycles. The van der Waals surface area contributed by atoms with Crippen molar-refractivity contribution in [1.29, 1.82) is 0 Å². The number of hydrogen-bond donors (Lipinski definition) is 1. The molecular weight excluding hydrogens is 312 g/mol. The van der Waals surface area contributed by atoms with Crippen LogP contribution in [-0.2, 0) is 0 Å². The van der Waals surface area contributed by atoms with Gasteiger partial charge in [-0.3, -0.25) is 4.79 Å². The standard InChI is InChI=1S/C18H16O6/c1-21-11-7-12(19)18-13(20)9-15(24-17(18)8-11)10-4-5-14(22-2)16(6-10)23-3/h4-9,19H,1-3H3/p+1. The second kappa shape index (κ2) is 6.16. The lowest BCUT2D eigenvalue weighted by Gasteiger charge is -2.10. The summed E-state index contributed by atoms with van der Waals surface area (Å²) in [4.78, 5) is 12.4. The number of methoxy groups -OCH3 is 3. The number of rotatable bonds is 4. The fourth-order valence-corrected chi connectivity index (χ4v) is 2.49. The number of phenols is 1. The smallest absolute Gasteiger partial charge is 0.507 e. The number of hydrogen-bond acceptors (Lipinski definition) is 6. The minimum atomic E-state index is -0.346. The third kappa shape index (κ3) is 2.62. The van der Waals surface area contributed by atoms with Gasteiger partial charge in [0, 0.05) is 23.8 Å². The number of fused-ring (bicyclic) bond motifs is 1. The summed E-state index contributed by atoms with van der Waals surface area (Å²) in [6.45, 7) is 0. The first-order chi connectivity index (χ1) is 11.6. The van der Waals surface area contributed by atoms with Crippen LogP contribution in [0.15, 0.2) is 45.6 Å². The Hall–Kier alpha value is -3.15. The second-order valence-corrected chi connectivity index (χ2v) is 5.06. The summed E-state index contributed by atoms with van der Waals surface area (Å²) in [5.41, 5.74) is 0.541. The van der Waals surface area contributed by atoms with E-state index in [1.807, 2.05) is 0 Å². The van der Waals surface area contributed by atoms with E-state index in [0.717, 1.165) is 0 Å². The third-order valence-electron chi connectivity index (χ3n) is 3.69. The summed E-state index contributed by atoms with van der Waals surface area (Å²) >= 11 is 0. The van der Waals surface area contributed by atoms with Crippen LogP contribution in [0.4, 0.5) is 0 Å². The first-order valence-corrected chi connectivity index (χ1v) is 7.14. The van der Waals surface area contributed by atoms with Crippen molar-refractivity contribution in [2.24, 2.45) is 0 Å². The van der Waals surface area contributed by atoms with Crippen LogP contribution in [0.1, 0.15) is 1.43 Å². The zero-order valence-corrected chi connectivity index (χ0v) is 13.5. The van der Waals surface area contributed by atoms with Crippen molar-refractivity contribution in [3.05, 3.63) is 46.6 Å². The van der Waals surface area contributed by atoms with Crippen molar-refractivity contribution in [2.45, 2.75) is 0 Å². The van der Waals surface area contributed by atoms with Crippen LogP contribution in [0, 0.1) is 0 Å². The minimum absolute atomic E-state index is 0. The maximum absolute atomic E-state index is 12.4. The molecule has 0 spiro atoms. The molecule has 0 saturated carbocycles. The average molecular weight is 329 g/mol. The highest BCUT2D eigenvalue weighted by molar-refractivity contribution is 5.86. The highest BCUT2D eigenvalue weighted by atomic mass is 16.5. The summed E-state index contributed by atoms with van der Waals surface area (Å²) in [6, 6.07) is 9.45. The van der Waals surface area contributed by atoms with Crippen LogP contribution in [0.5, 0.6) is 23.0 Å². The molecule has 0 radical (unpaired) electrons. The van der Waals surface area contributed by atoms with E-state index in [1.165, 1.54) is 26.4 Å². The zero-order chi connectivity index (χ0) is 17.3. The van der Waals surface area contributed by atoms with E-state index in [1.54, 1.807) is 31.4 Å². The minimum Gasteiger partial charge on any atom is -0.507 e. The molecule has 0 aliphatic rings. The molecule has 0 amide bonds. The van der Waals surface area contributed by atoms with E-state index in [-0.39, 0.29) is 23.6 Å². The van der Waals surface area contributed by atoms with Gasteiger partial charge in [0.25, 0.3) is 0 Å². The predicted molar refractivity (Wildman–Crippen MR) is 90.4 cm³/mol. The molecule has 0 atom stereocenters. The Morgan fingerprint density at radius 2 is 1.71 bits per heavy atom. The van der Waals surface area contributed by atoms with Gasteiger partial charge in [0.15, 0.2) is 16.9 Å². The van der Waals surface area contributed by atoms with Crippen LogP contribution in [0.2, 0.25) is 0 Å². The normalized spacial score (nSPS) is 10.6. The summed E-state index contributed by atoms with van der Waals surface area (Å²) in [5.74, 6) is 1.65. The summed E-state index contributed by atoms with van der Waals surface area (Å²) in [7, 11) is 4.54. The molecule has 24 heavy (non-hydrogen) atoms. The van der Waals surface area contributed by atoms with E-state index < -0.39 is 0 Å². The molecule has 124 valence electrons. The number of benzene rings is 2. The van der Waals surface area contributed by atoms with Crippen molar-refractivity contribution >= 4 is 11.0 Å². The summed E-state index contributed by atoms with van der Waals surface area (Å²) < 4.78 is 21.4. The summed E-state index contributed by atoms with van der Waals surface area (Å²) in [6.07, 6.45) is 0. The Morgan fingerprint density at radius 3 is 2.38 bits per heavy atom. The van der Waals surface area contributed by atoms with Crippen LogP contribution in [-0.4, -0.2) is 26.4 Å². The molecule has 6 heteroatoms. The van der Waals surface area contributed by atoms with Gasteiger partial charge in [-0.05, 0) is 18.2 Å². The highest BCUT2D eigenvalue weighted by Crippen LogP contribution is 2.34. The Balaban J connectivity index is 0.00000225. The van der Waals surface area contributed by atoms with Gasteiger partial charge < -0.3 is 23.7 Å². The first kappa shape index (κ1) is 15.7. The molecule has 3 rings (SSSR count). The van der Waals surface area contributed by atoms with Crippen LogP contribution < -0.4 is 19.6 Å². The topological polar surface area (TPSA) is 78.1 Å². The molecule has 0 aliphatic carbocycles. The fourth-order valence-electron chi connectivity index (χ4n) is 2.49. The Bertz CT molecular complexity index is 964. The molecule has 3 aromatic rings. The van der Waals surface area contributed by atoms with E-state index >= 15 is 0 Å². The Kier molecular flexibility index (Phi) is 4.04. The molecule has 0 bridgehead atoms. The molecule has 0 aliphatic heterocycles. The molecular formula is C18H17O6+. The zero-order valence-electron chi connectivity index (χ0n) is 14.5. The Morgan fingerprint density at radius 1 is 0.958 bits per heavy atom. The third-order valence-corrected chi connectivity index (χ3v) is 3.69. The van der Waals surface area contributed by atoms with E-state index in [2.05, 4.69) is 0 Å². The van der Waals surface area contributed by atoms with Crippen molar-refractivity contribution in [2.75, 3.05) is 21.3 Å². The van der Waals surface area contributed by atoms with E-state index in [4.69, 9.17) is 18.6 Å². The van der Waals surface area contributed by atoms with Gasteiger partial charge in [0.05, 0.1) is 21.3 Å². The van der Waals surface area contributed by atoms with Gasteiger partial charge in [0.2, 0.25) is 0 Å². The number of aromatic hydroxyl groups is 1. The molecule has 6 nitrogen and oxygen atoms in total. The van der Waals surface area contributed by atoms with Gasteiger partial charge in [-0.1, -0.05) is 0 Å². The molecule has 0 unspecified atom stereocenters. The van der Waals surface area contributed by atoms with Gasteiger partial charge in [0.1, 0.15) is 28.2 Å². The molecule has 2 aromatic carbocycles. The number of phenolic OH excluding ortho intramolecular Hbond substituents is 1. The fraction of sp³-hybridized carbons (Fsp3) is 0.167. The molecule has 1 N–H and O–H groups in total. The SMILES string of the molecule is COc1cc(O)c2c(=O)cc(-c3ccc(OC)c(OC)c3)oc2c1.[H+]. The predicted octanol–water partition coefficient (Wildman–Crippen LogP) is 3.30. The molecule has 0 fully saturated rings. The largest absolute Gasteiger partial charge is 1.00 e. The maximum atomic E-state index is 12.4. The van der Waals surface area contributed by atoms with Crippen LogP contribution in [0.3, 0.4) is 0 Å². The van der Waals surface area contributed by atoms with Gasteiger partial charge in [-0.2, -0.15) is 0 Å². The molecule has 1 aromatic heterocycles. The van der Waals surface area contributed by atoms with E-state index in [0.29, 0.717) is 28.6 Å². The van der Waals surface area contributed by atoms with Crippen molar-refractivity contribution in [1.82, 2.24) is 0 Å². The first-order valence-electron chi connectivity index (χ1n) is 7.14. The average Bonchev–Trinajstić information content (AvgIpc) is 2.60. The van der Waals surface area contributed by atoms with Crippen molar-refractivity contribution in [3.63, 3.8) is 0 Å². The number of ether oxygens (including phenoxy) is 3. The van der Waals surface area contributed by atoms with Crippen LogP contribution in [0.25, 0.3) is 22.3 Å². The lowest BCUT2D eigenvalue weighted by molar-refractivity contribution is 0.355. The monoisotopic (exact) mass is 329 g/mol. The quantitative estimate of drug-likeness (QED) is 0.791. The second-order valence-electron chi connectivity index (χ2n) is 5.06. The van der Waals surface area contributed by atoms with Crippen molar-refractivity contribution in [3.8, 4) is 34.3 Å². The summed E-state index contributed by atoms with van der Waals surface area (Å²) in [5, 5.41) is 10.1. The lowest BCUT2D eigenvalue weighted by atomic mass is 10.1. The van der Waals surface area contributed by atoms with Gasteiger partial charge in [-0.25, -0.2) is 0 Å².